The third-order valence-corrected chi connectivity index (χ3v) is 7.65. The van der Waals surface area contributed by atoms with Gasteiger partial charge in [0.1, 0.15) is 17.3 Å². The maximum Gasteiger partial charge on any atom is 0.269 e. The lowest BCUT2D eigenvalue weighted by Crippen LogP contribution is -2.38. The molecule has 0 fully saturated rings. The standard InChI is InChI=1S/C23H19N5O6S2/c1-34-19-13-7-16(8-14-19)22-25-26-23(35-22)24-21(29)15-27(17-9-11-18(12-10-17)28(30)31)36(32,33)20-5-3-2-4-6-20/h2-14H,15H2,1H3,(H,24,26,29). The topological polar surface area (TPSA) is 145 Å². The minimum Gasteiger partial charge on any atom is -0.497 e. The largest absolute Gasteiger partial charge is 0.497 e. The Labute approximate surface area is 210 Å². The number of amides is 1. The van der Waals surface area contributed by atoms with Gasteiger partial charge in [-0.1, -0.05) is 29.5 Å². The SMILES string of the molecule is COc1ccc(-c2nnc(NC(=O)CN(c3ccc([N+](=O)[O-])cc3)S(=O)(=O)c3ccccc3)s2)cc1. The predicted molar refractivity (Wildman–Crippen MR) is 135 cm³/mol. The number of sulfonamides is 1. The van der Waals surface area contributed by atoms with E-state index in [1.165, 1.54) is 36.4 Å². The number of hydrogen-bond acceptors (Lipinski definition) is 9. The molecule has 0 atom stereocenters. The van der Waals surface area contributed by atoms with E-state index in [0.29, 0.717) is 10.8 Å². The summed E-state index contributed by atoms with van der Waals surface area (Å²) in [5.74, 6) is 0.0213. The van der Waals surface area contributed by atoms with Crippen molar-refractivity contribution in [2.24, 2.45) is 0 Å². The monoisotopic (exact) mass is 525 g/mol. The highest BCUT2D eigenvalue weighted by atomic mass is 32.2. The first kappa shape index (κ1) is 24.8. The Morgan fingerprint density at radius 1 is 1.03 bits per heavy atom. The third kappa shape index (κ3) is 5.47. The Hall–Kier alpha value is -4.36. The second-order valence-corrected chi connectivity index (χ2v) is 10.1. The highest BCUT2D eigenvalue weighted by Crippen LogP contribution is 2.29. The van der Waals surface area contributed by atoms with Crippen LogP contribution in [-0.4, -0.2) is 43.1 Å². The van der Waals surface area contributed by atoms with Gasteiger partial charge in [0.25, 0.3) is 15.7 Å². The summed E-state index contributed by atoms with van der Waals surface area (Å²) in [6, 6.07) is 19.6. The summed E-state index contributed by atoms with van der Waals surface area (Å²) < 4.78 is 32.7. The first-order valence-corrected chi connectivity index (χ1v) is 12.6. The maximum absolute atomic E-state index is 13.4. The van der Waals surface area contributed by atoms with Crippen LogP contribution in [0.1, 0.15) is 0 Å². The summed E-state index contributed by atoms with van der Waals surface area (Å²) in [4.78, 5) is 23.3. The molecule has 11 nitrogen and oxygen atoms in total. The van der Waals surface area contributed by atoms with E-state index in [4.69, 9.17) is 4.74 Å². The maximum atomic E-state index is 13.4. The van der Waals surface area contributed by atoms with E-state index in [-0.39, 0.29) is 21.4 Å². The third-order valence-electron chi connectivity index (χ3n) is 4.98. The van der Waals surface area contributed by atoms with Crippen molar-refractivity contribution in [1.29, 1.82) is 0 Å². The molecule has 0 saturated carbocycles. The lowest BCUT2D eigenvalue weighted by atomic mass is 10.2. The molecule has 0 aliphatic carbocycles. The quantitative estimate of drug-likeness (QED) is 0.255. The Balaban J connectivity index is 1.57. The molecule has 184 valence electrons. The van der Waals surface area contributed by atoms with Gasteiger partial charge in [-0.2, -0.15) is 0 Å². The van der Waals surface area contributed by atoms with Gasteiger partial charge in [0, 0.05) is 17.7 Å². The average Bonchev–Trinajstić information content (AvgIpc) is 3.36. The Morgan fingerprint density at radius 2 is 1.69 bits per heavy atom. The van der Waals surface area contributed by atoms with Gasteiger partial charge in [0.15, 0.2) is 0 Å². The molecule has 0 aliphatic heterocycles. The lowest BCUT2D eigenvalue weighted by molar-refractivity contribution is -0.384. The zero-order chi connectivity index (χ0) is 25.7. The number of benzene rings is 3. The number of nitro benzene ring substituents is 1. The highest BCUT2D eigenvalue weighted by molar-refractivity contribution is 7.92. The number of carbonyl (C=O) groups excluding carboxylic acids is 1. The summed E-state index contributed by atoms with van der Waals surface area (Å²) in [6.07, 6.45) is 0. The number of ether oxygens (including phenoxy) is 1. The van der Waals surface area contributed by atoms with Crippen molar-refractivity contribution in [2.75, 3.05) is 23.3 Å². The van der Waals surface area contributed by atoms with Crippen LogP contribution in [0, 0.1) is 10.1 Å². The van der Waals surface area contributed by atoms with Crippen molar-refractivity contribution < 1.29 is 22.9 Å². The first-order valence-electron chi connectivity index (χ1n) is 10.4. The van der Waals surface area contributed by atoms with E-state index in [9.17, 15) is 23.3 Å². The van der Waals surface area contributed by atoms with E-state index in [1.54, 1.807) is 49.6 Å². The molecule has 1 aromatic heterocycles. The van der Waals surface area contributed by atoms with Crippen LogP contribution in [0.15, 0.2) is 83.8 Å². The molecule has 0 radical (unpaired) electrons. The molecule has 1 amide bonds. The minimum absolute atomic E-state index is 0.0335. The second kappa shape index (κ2) is 10.5. The number of anilines is 2. The van der Waals surface area contributed by atoms with E-state index in [0.717, 1.165) is 21.2 Å². The summed E-state index contributed by atoms with van der Waals surface area (Å²) in [6.45, 7) is -0.591. The zero-order valence-electron chi connectivity index (χ0n) is 18.8. The number of carbonyl (C=O) groups is 1. The van der Waals surface area contributed by atoms with E-state index < -0.39 is 27.4 Å². The van der Waals surface area contributed by atoms with Gasteiger partial charge < -0.3 is 4.74 Å². The number of aromatic nitrogens is 2. The Kier molecular flexibility index (Phi) is 7.22. The molecule has 3 aromatic carbocycles. The molecule has 0 saturated heterocycles. The van der Waals surface area contributed by atoms with Crippen LogP contribution in [0.3, 0.4) is 0 Å². The van der Waals surface area contributed by atoms with Crippen LogP contribution in [0.25, 0.3) is 10.6 Å². The Bertz CT molecular complexity index is 1470. The van der Waals surface area contributed by atoms with Crippen LogP contribution in [0.2, 0.25) is 0 Å². The molecule has 0 unspecified atom stereocenters. The van der Waals surface area contributed by atoms with Crippen molar-refractivity contribution in [3.63, 3.8) is 0 Å². The number of nitrogens with zero attached hydrogens (tertiary/aromatic N) is 4. The van der Waals surface area contributed by atoms with E-state index >= 15 is 0 Å². The average molecular weight is 526 g/mol. The van der Waals surface area contributed by atoms with Crippen molar-refractivity contribution in [3.8, 4) is 16.3 Å². The first-order chi connectivity index (χ1) is 17.3. The molecule has 0 bridgehead atoms. The molecule has 4 rings (SSSR count). The van der Waals surface area contributed by atoms with Crippen molar-refractivity contribution in [2.45, 2.75) is 4.90 Å². The van der Waals surface area contributed by atoms with Crippen LogP contribution in [0.4, 0.5) is 16.5 Å². The lowest BCUT2D eigenvalue weighted by Gasteiger charge is -2.23. The molecular formula is C23H19N5O6S2. The summed E-state index contributed by atoms with van der Waals surface area (Å²) >= 11 is 1.12. The fourth-order valence-corrected chi connectivity index (χ4v) is 5.40. The van der Waals surface area contributed by atoms with Crippen molar-refractivity contribution in [1.82, 2.24) is 10.2 Å². The summed E-state index contributed by atoms with van der Waals surface area (Å²) in [5.41, 5.74) is 0.656. The van der Waals surface area contributed by atoms with Gasteiger partial charge in [-0.05, 0) is 48.5 Å². The molecule has 1 N–H and O–H groups in total. The van der Waals surface area contributed by atoms with Crippen LogP contribution >= 0.6 is 11.3 Å². The Morgan fingerprint density at radius 3 is 2.31 bits per heavy atom. The van der Waals surface area contributed by atoms with Crippen LogP contribution in [0.5, 0.6) is 5.75 Å². The number of nitro groups is 1. The van der Waals surface area contributed by atoms with Gasteiger partial charge >= 0.3 is 0 Å². The summed E-state index contributed by atoms with van der Waals surface area (Å²) in [5, 5.41) is 22.4. The second-order valence-electron chi connectivity index (χ2n) is 7.29. The van der Waals surface area contributed by atoms with Gasteiger partial charge in [0.05, 0.1) is 22.6 Å². The molecule has 0 aliphatic rings. The van der Waals surface area contributed by atoms with Crippen LogP contribution < -0.4 is 14.4 Å². The fourth-order valence-electron chi connectivity index (χ4n) is 3.19. The zero-order valence-corrected chi connectivity index (χ0v) is 20.4. The molecule has 4 aromatic rings. The van der Waals surface area contributed by atoms with Gasteiger partial charge in [-0.25, -0.2) is 8.42 Å². The van der Waals surface area contributed by atoms with Crippen molar-refractivity contribution in [3.05, 3.63) is 89.0 Å². The number of hydrogen-bond donors (Lipinski definition) is 1. The molecule has 0 spiro atoms. The minimum atomic E-state index is -4.16. The number of non-ortho nitro benzene ring substituents is 1. The summed E-state index contributed by atoms with van der Waals surface area (Å²) in [7, 11) is -2.60. The van der Waals surface area contributed by atoms with Crippen LogP contribution in [-0.2, 0) is 14.8 Å². The fraction of sp³-hybridized carbons (Fsp3) is 0.0870. The number of methoxy groups -OCH3 is 1. The smallest absolute Gasteiger partial charge is 0.269 e. The number of rotatable bonds is 9. The highest BCUT2D eigenvalue weighted by Gasteiger charge is 2.28. The van der Waals surface area contributed by atoms with E-state index in [2.05, 4.69) is 15.5 Å². The molecule has 36 heavy (non-hydrogen) atoms. The normalized spacial score (nSPS) is 11.0. The predicted octanol–water partition coefficient (Wildman–Crippen LogP) is 3.96. The van der Waals surface area contributed by atoms with E-state index in [1.807, 2.05) is 0 Å². The van der Waals surface area contributed by atoms with Gasteiger partial charge in [0.2, 0.25) is 11.0 Å². The van der Waals surface area contributed by atoms with Gasteiger partial charge in [-0.3, -0.25) is 24.5 Å². The molecular weight excluding hydrogens is 506 g/mol. The number of nitrogens with one attached hydrogen (secondary N) is 1. The molecule has 1 heterocycles. The van der Waals surface area contributed by atoms with Gasteiger partial charge in [-0.15, -0.1) is 10.2 Å². The van der Waals surface area contributed by atoms with Crippen molar-refractivity contribution >= 4 is 43.8 Å². The molecule has 13 heteroatoms.